The number of nitrogens with one attached hydrogen (secondary N) is 1. The summed E-state index contributed by atoms with van der Waals surface area (Å²) >= 11 is 1.55. The molecule has 2 N–H and O–H groups in total. The molecule has 0 aliphatic carbocycles. The van der Waals surface area contributed by atoms with Crippen molar-refractivity contribution in [3.8, 4) is 11.1 Å². The van der Waals surface area contributed by atoms with Crippen molar-refractivity contribution in [2.24, 2.45) is 13.0 Å². The molecule has 0 radical (unpaired) electrons. The summed E-state index contributed by atoms with van der Waals surface area (Å²) in [6.07, 6.45) is 2.28. The Balaban J connectivity index is 1.18. The summed E-state index contributed by atoms with van der Waals surface area (Å²) in [5, 5.41) is 25.0. The fourth-order valence-corrected chi connectivity index (χ4v) is 6.30. The van der Waals surface area contributed by atoms with E-state index in [1.165, 1.54) is 0 Å². The summed E-state index contributed by atoms with van der Waals surface area (Å²) < 4.78 is 14.8. The Bertz CT molecular complexity index is 1720. The van der Waals surface area contributed by atoms with Crippen LogP contribution in [0.5, 0.6) is 0 Å². The van der Waals surface area contributed by atoms with Gasteiger partial charge in [0.1, 0.15) is 0 Å². The summed E-state index contributed by atoms with van der Waals surface area (Å²) in [7, 11) is 1.82. The maximum absolute atomic E-state index is 12.5. The third-order valence-corrected chi connectivity index (χ3v) is 9.00. The van der Waals surface area contributed by atoms with E-state index in [4.69, 9.17) is 9.47 Å². The van der Waals surface area contributed by atoms with Gasteiger partial charge >= 0.3 is 0 Å². The molecule has 0 saturated carbocycles. The van der Waals surface area contributed by atoms with Gasteiger partial charge in [0.2, 0.25) is 5.16 Å². The molecular formula is C34H34N6O4S. The number of carbonyl (C=O) groups excluding carboxylic acids is 1. The van der Waals surface area contributed by atoms with Crippen LogP contribution in [0.15, 0.2) is 102 Å². The fourth-order valence-electron chi connectivity index (χ4n) is 5.29. The van der Waals surface area contributed by atoms with E-state index in [1.807, 2.05) is 55.6 Å². The van der Waals surface area contributed by atoms with E-state index in [9.17, 15) is 9.90 Å². The Morgan fingerprint density at radius 3 is 2.47 bits per heavy atom. The third kappa shape index (κ3) is 7.29. The first-order chi connectivity index (χ1) is 22.0. The lowest BCUT2D eigenvalue weighted by atomic mass is 9.91. The number of nitrogens with zero attached hydrogens (tertiary/aromatic N) is 5. The van der Waals surface area contributed by atoms with Crippen LogP contribution in [0.2, 0.25) is 0 Å². The van der Waals surface area contributed by atoms with Crippen LogP contribution < -0.4 is 5.32 Å². The maximum Gasteiger partial charge on any atom is 0.253 e. The smallest absolute Gasteiger partial charge is 0.253 e. The minimum Gasteiger partial charge on any atom is -0.392 e. The van der Waals surface area contributed by atoms with Crippen LogP contribution >= 0.6 is 11.8 Å². The molecule has 10 nitrogen and oxygen atoms in total. The molecule has 6 rings (SSSR count). The van der Waals surface area contributed by atoms with Gasteiger partial charge in [-0.05, 0) is 56.4 Å². The van der Waals surface area contributed by atoms with Gasteiger partial charge in [0.25, 0.3) is 5.91 Å². The Kier molecular flexibility index (Phi) is 9.61. The van der Waals surface area contributed by atoms with Crippen LogP contribution in [-0.4, -0.2) is 48.1 Å². The number of aliphatic hydroxyl groups excluding tert-OH is 1. The highest BCUT2D eigenvalue weighted by Crippen LogP contribution is 2.43. The highest BCUT2D eigenvalue weighted by atomic mass is 32.2. The Hall–Kier alpha value is -4.42. The number of benzene rings is 3. The number of pyridine rings is 1. The molecule has 1 amide bonds. The molecule has 0 bridgehead atoms. The molecule has 230 valence electrons. The summed E-state index contributed by atoms with van der Waals surface area (Å²) in [5.41, 5.74) is 6.41. The number of hydrogen-bond acceptors (Lipinski definition) is 9. The molecule has 1 aliphatic heterocycles. The van der Waals surface area contributed by atoms with E-state index in [1.54, 1.807) is 41.0 Å². The number of rotatable bonds is 10. The standard InChI is InChI=1S/C34H34N6O4S/c1-22-30(21-45-34-37-38-39-40(34)2)43-33(44-31(22)26-10-8-23(20-41)9-11-26)27-14-12-25(13-15-27)28-6-3-5-24(17-28)18-36-32(42)29-7-4-16-35-19-29/h3-17,19,22,30-31,33,41H,18,20-21H2,1-2H3,(H,36,42)/t22-,30+,31+,33+/m1/s1. The Morgan fingerprint density at radius 1 is 0.956 bits per heavy atom. The zero-order chi connectivity index (χ0) is 31.2. The first-order valence-electron chi connectivity index (χ1n) is 14.7. The van der Waals surface area contributed by atoms with Crippen molar-refractivity contribution < 1.29 is 19.4 Å². The monoisotopic (exact) mass is 622 g/mol. The number of hydrogen-bond donors (Lipinski definition) is 2. The average molecular weight is 623 g/mol. The molecule has 0 unspecified atom stereocenters. The van der Waals surface area contributed by atoms with Crippen molar-refractivity contribution in [3.63, 3.8) is 0 Å². The van der Waals surface area contributed by atoms with Gasteiger partial charge in [-0.3, -0.25) is 9.78 Å². The molecule has 1 saturated heterocycles. The van der Waals surface area contributed by atoms with E-state index in [0.717, 1.165) is 38.5 Å². The lowest BCUT2D eigenvalue weighted by molar-refractivity contribution is -0.268. The molecule has 3 aromatic carbocycles. The number of thioether (sulfide) groups is 1. The minimum absolute atomic E-state index is 0.00656. The van der Waals surface area contributed by atoms with Crippen LogP contribution in [0, 0.1) is 5.92 Å². The number of aromatic nitrogens is 5. The molecule has 4 atom stereocenters. The summed E-state index contributed by atoms with van der Waals surface area (Å²) in [4.78, 5) is 16.5. The fraction of sp³-hybridized carbons (Fsp3) is 0.265. The first kappa shape index (κ1) is 30.6. The molecule has 11 heteroatoms. The van der Waals surface area contributed by atoms with Gasteiger partial charge in [0.05, 0.1) is 24.4 Å². The largest absolute Gasteiger partial charge is 0.392 e. The summed E-state index contributed by atoms with van der Waals surface area (Å²) in [6.45, 7) is 2.54. The van der Waals surface area contributed by atoms with Crippen LogP contribution in [0.3, 0.4) is 0 Å². The highest BCUT2D eigenvalue weighted by molar-refractivity contribution is 7.99. The van der Waals surface area contributed by atoms with E-state index in [0.29, 0.717) is 17.9 Å². The second-order valence-corrected chi connectivity index (χ2v) is 12.0. The first-order valence-corrected chi connectivity index (χ1v) is 15.7. The lowest BCUT2D eigenvalue weighted by Crippen LogP contribution is -2.38. The van der Waals surface area contributed by atoms with Crippen molar-refractivity contribution in [2.45, 2.75) is 43.7 Å². The van der Waals surface area contributed by atoms with Gasteiger partial charge < -0.3 is 19.9 Å². The third-order valence-electron chi connectivity index (χ3n) is 7.90. The Labute approximate surface area is 265 Å². The second-order valence-electron chi connectivity index (χ2n) is 11.0. The van der Waals surface area contributed by atoms with Crippen molar-refractivity contribution >= 4 is 17.7 Å². The predicted molar refractivity (Wildman–Crippen MR) is 170 cm³/mol. The number of aliphatic hydroxyl groups is 1. The van der Waals surface area contributed by atoms with E-state index >= 15 is 0 Å². The van der Waals surface area contributed by atoms with Crippen LogP contribution in [0.4, 0.5) is 0 Å². The molecule has 5 aromatic rings. The van der Waals surface area contributed by atoms with Crippen LogP contribution in [-0.2, 0) is 29.7 Å². The van der Waals surface area contributed by atoms with Crippen molar-refractivity contribution in [1.82, 2.24) is 30.5 Å². The summed E-state index contributed by atoms with van der Waals surface area (Å²) in [5.74, 6) is 0.547. The van der Waals surface area contributed by atoms with Gasteiger partial charge in [-0.1, -0.05) is 85.4 Å². The zero-order valence-corrected chi connectivity index (χ0v) is 25.8. The van der Waals surface area contributed by atoms with Gasteiger partial charge in [-0.15, -0.1) is 5.10 Å². The average Bonchev–Trinajstić information content (AvgIpc) is 3.51. The van der Waals surface area contributed by atoms with E-state index in [-0.39, 0.29) is 30.6 Å². The van der Waals surface area contributed by atoms with Crippen molar-refractivity contribution in [1.29, 1.82) is 0 Å². The molecular weight excluding hydrogens is 588 g/mol. The molecule has 2 aromatic heterocycles. The summed E-state index contributed by atoms with van der Waals surface area (Å²) in [6, 6.07) is 27.7. The Morgan fingerprint density at radius 2 is 1.76 bits per heavy atom. The molecule has 1 aliphatic rings. The number of carbonyl (C=O) groups is 1. The second kappa shape index (κ2) is 14.1. The normalized spacial score (nSPS) is 19.7. The molecule has 1 fully saturated rings. The van der Waals surface area contributed by atoms with Gasteiger partial charge in [-0.2, -0.15) is 0 Å². The predicted octanol–water partition coefficient (Wildman–Crippen LogP) is 5.28. The maximum atomic E-state index is 12.5. The highest BCUT2D eigenvalue weighted by Gasteiger charge is 2.38. The van der Waals surface area contributed by atoms with Crippen molar-refractivity contribution in [2.75, 3.05) is 5.75 Å². The molecule has 45 heavy (non-hydrogen) atoms. The van der Waals surface area contributed by atoms with Gasteiger partial charge in [0.15, 0.2) is 6.29 Å². The van der Waals surface area contributed by atoms with Gasteiger partial charge in [0, 0.05) is 43.2 Å². The topological polar surface area (TPSA) is 124 Å². The van der Waals surface area contributed by atoms with Crippen LogP contribution in [0.1, 0.15) is 51.9 Å². The SMILES string of the molecule is C[C@@H]1[C@H](CSc2nnnn2C)O[C@H](c2ccc(-c3cccc(CNC(=O)c4cccnc4)c3)cc2)O[C@@H]1c1ccc(CO)cc1. The molecule has 3 heterocycles. The zero-order valence-electron chi connectivity index (χ0n) is 25.0. The lowest BCUT2D eigenvalue weighted by Gasteiger charge is -2.41. The quantitative estimate of drug-likeness (QED) is 0.200. The number of tetrazole rings is 1. The minimum atomic E-state index is -0.574. The van der Waals surface area contributed by atoms with Gasteiger partial charge in [-0.25, -0.2) is 4.68 Å². The van der Waals surface area contributed by atoms with E-state index < -0.39 is 6.29 Å². The van der Waals surface area contributed by atoms with Crippen LogP contribution in [0.25, 0.3) is 11.1 Å². The number of amides is 1. The van der Waals surface area contributed by atoms with Crippen molar-refractivity contribution in [3.05, 3.63) is 125 Å². The number of ether oxygens (including phenoxy) is 2. The molecule has 0 spiro atoms. The van der Waals surface area contributed by atoms with E-state index in [2.05, 4.69) is 57.0 Å². The number of aryl methyl sites for hydroxylation is 1.